The molecule has 1 aliphatic carbocycles. The Morgan fingerprint density at radius 3 is 2.62 bits per heavy atom. The van der Waals surface area contributed by atoms with Crippen molar-refractivity contribution in [2.24, 2.45) is 5.41 Å². The van der Waals surface area contributed by atoms with E-state index in [-0.39, 0.29) is 5.41 Å². The maximum Gasteiger partial charge on any atom is 0.0880 e. The Morgan fingerprint density at radius 2 is 2.31 bits per heavy atom. The number of aliphatic hydroxyl groups excluding tert-OH is 1. The molecule has 2 aliphatic heterocycles. The summed E-state index contributed by atoms with van der Waals surface area (Å²) in [7, 11) is 0. The molecule has 2 atom stereocenters. The van der Waals surface area contributed by atoms with Gasteiger partial charge < -0.3 is 9.84 Å². The van der Waals surface area contributed by atoms with Crippen molar-refractivity contribution < 1.29 is 9.84 Å². The molecule has 1 saturated carbocycles. The molecule has 0 aromatic carbocycles. The molecule has 1 N–H and O–H groups in total. The Balaban J connectivity index is 1.56. The zero-order valence-corrected chi connectivity index (χ0v) is 7.91. The first kappa shape index (κ1) is 8.21. The van der Waals surface area contributed by atoms with E-state index in [1.165, 1.54) is 19.3 Å². The molecule has 1 unspecified atom stereocenters. The van der Waals surface area contributed by atoms with Gasteiger partial charge >= 0.3 is 0 Å². The molecular formula is C10H17NO2. The van der Waals surface area contributed by atoms with Gasteiger partial charge in [0.15, 0.2) is 0 Å². The molecule has 74 valence electrons. The van der Waals surface area contributed by atoms with Gasteiger partial charge in [0.25, 0.3) is 0 Å². The summed E-state index contributed by atoms with van der Waals surface area (Å²) in [6.45, 7) is 3.51. The normalized spacial score (nSPS) is 41.3. The van der Waals surface area contributed by atoms with E-state index < -0.39 is 0 Å². The lowest BCUT2D eigenvalue weighted by atomic mass is 9.68. The van der Waals surface area contributed by atoms with Crippen molar-refractivity contribution in [1.29, 1.82) is 0 Å². The lowest BCUT2D eigenvalue weighted by Gasteiger charge is -2.58. The molecule has 0 bridgehead atoms. The fraction of sp³-hybridized carbons (Fsp3) is 1.00. The summed E-state index contributed by atoms with van der Waals surface area (Å²) in [5.41, 5.74) is 0.264. The first-order valence-electron chi connectivity index (χ1n) is 5.30. The number of morpholine rings is 1. The fourth-order valence-corrected chi connectivity index (χ4v) is 2.72. The molecule has 0 amide bonds. The number of fused-ring (bicyclic) bond motifs is 1. The van der Waals surface area contributed by atoms with E-state index in [1.807, 2.05) is 0 Å². The van der Waals surface area contributed by atoms with E-state index in [9.17, 15) is 5.11 Å². The van der Waals surface area contributed by atoms with E-state index in [2.05, 4.69) is 4.90 Å². The summed E-state index contributed by atoms with van der Waals surface area (Å²) >= 11 is 0. The van der Waals surface area contributed by atoms with Crippen LogP contribution >= 0.6 is 0 Å². The lowest BCUT2D eigenvalue weighted by Crippen LogP contribution is -2.72. The third-order valence-corrected chi connectivity index (χ3v) is 4.08. The number of aliphatic hydroxyl groups is 1. The van der Waals surface area contributed by atoms with Gasteiger partial charge in [-0.3, -0.25) is 4.90 Å². The van der Waals surface area contributed by atoms with Crippen LogP contribution in [0.4, 0.5) is 0 Å². The summed E-state index contributed by atoms with van der Waals surface area (Å²) in [5, 5.41) is 9.32. The zero-order valence-electron chi connectivity index (χ0n) is 7.91. The molecule has 0 spiro atoms. The highest BCUT2D eigenvalue weighted by Gasteiger charge is 2.50. The topological polar surface area (TPSA) is 32.7 Å². The van der Waals surface area contributed by atoms with Crippen LogP contribution in [0.3, 0.4) is 0 Å². The number of hydrogen-bond acceptors (Lipinski definition) is 3. The Labute approximate surface area is 78.7 Å². The average Bonchev–Trinajstić information content (AvgIpc) is 2.04. The molecule has 0 aromatic rings. The highest BCUT2D eigenvalue weighted by molar-refractivity contribution is 5.03. The molecule has 3 nitrogen and oxygen atoms in total. The largest absolute Gasteiger partial charge is 0.396 e. The molecule has 3 rings (SSSR count). The van der Waals surface area contributed by atoms with Crippen molar-refractivity contribution in [2.45, 2.75) is 31.4 Å². The Bertz CT molecular complexity index is 209. The summed E-state index contributed by atoms with van der Waals surface area (Å²) < 4.78 is 5.36. The SMILES string of the molecule is OCC1(CN2CC3OC[C@H]32)CCC1. The number of likely N-dealkylation sites (tertiary alicyclic amines) is 1. The predicted molar refractivity (Wildman–Crippen MR) is 48.5 cm³/mol. The Kier molecular flexibility index (Phi) is 1.70. The summed E-state index contributed by atoms with van der Waals surface area (Å²) in [4.78, 5) is 2.49. The van der Waals surface area contributed by atoms with Crippen molar-refractivity contribution in [3.63, 3.8) is 0 Å². The quantitative estimate of drug-likeness (QED) is 0.680. The first-order valence-corrected chi connectivity index (χ1v) is 5.30. The molecule has 3 heteroatoms. The van der Waals surface area contributed by atoms with Crippen LogP contribution < -0.4 is 0 Å². The van der Waals surface area contributed by atoms with Crippen LogP contribution in [0.5, 0.6) is 0 Å². The standard InChI is InChI=1S/C10H17NO2/c12-7-10(2-1-3-10)6-11-4-9-8(11)5-13-9/h8-9,12H,1-7H2/t8-,9?/m1/s1. The second-order valence-electron chi connectivity index (χ2n) is 4.88. The van der Waals surface area contributed by atoms with Crippen LogP contribution in [0.1, 0.15) is 19.3 Å². The van der Waals surface area contributed by atoms with E-state index >= 15 is 0 Å². The first-order chi connectivity index (χ1) is 6.33. The molecule has 0 radical (unpaired) electrons. The van der Waals surface area contributed by atoms with Gasteiger partial charge in [0.05, 0.1) is 18.8 Å². The van der Waals surface area contributed by atoms with Crippen molar-refractivity contribution >= 4 is 0 Å². The minimum atomic E-state index is 0.264. The highest BCUT2D eigenvalue weighted by atomic mass is 16.5. The summed E-state index contributed by atoms with van der Waals surface area (Å²) in [5.74, 6) is 0. The van der Waals surface area contributed by atoms with Crippen LogP contribution in [-0.2, 0) is 4.74 Å². The van der Waals surface area contributed by atoms with E-state index in [0.29, 0.717) is 18.8 Å². The van der Waals surface area contributed by atoms with Gasteiger partial charge in [0.2, 0.25) is 0 Å². The third-order valence-electron chi connectivity index (χ3n) is 4.08. The maximum absolute atomic E-state index is 9.32. The second-order valence-corrected chi connectivity index (χ2v) is 4.88. The van der Waals surface area contributed by atoms with Gasteiger partial charge in [-0.15, -0.1) is 0 Å². The molecule has 3 fully saturated rings. The van der Waals surface area contributed by atoms with Gasteiger partial charge in [-0.05, 0) is 12.8 Å². The van der Waals surface area contributed by atoms with Crippen molar-refractivity contribution in [3.05, 3.63) is 0 Å². The molecule has 13 heavy (non-hydrogen) atoms. The predicted octanol–water partition coefficient (Wildman–Crippen LogP) is 0.232. The number of hydrogen-bond donors (Lipinski definition) is 1. The summed E-state index contributed by atoms with van der Waals surface area (Å²) in [6, 6.07) is 0.698. The van der Waals surface area contributed by atoms with Crippen LogP contribution in [0, 0.1) is 5.41 Å². The minimum absolute atomic E-state index is 0.264. The van der Waals surface area contributed by atoms with Crippen molar-refractivity contribution in [2.75, 3.05) is 26.3 Å². The van der Waals surface area contributed by atoms with Gasteiger partial charge in [0, 0.05) is 25.1 Å². The Morgan fingerprint density at radius 1 is 1.46 bits per heavy atom. The van der Waals surface area contributed by atoms with Gasteiger partial charge in [-0.2, -0.15) is 0 Å². The molecule has 0 aromatic heterocycles. The van der Waals surface area contributed by atoms with Crippen molar-refractivity contribution in [3.8, 4) is 0 Å². The average molecular weight is 183 g/mol. The molecule has 2 saturated heterocycles. The lowest BCUT2D eigenvalue weighted by molar-refractivity contribution is -0.226. The molecule has 2 heterocycles. The monoisotopic (exact) mass is 183 g/mol. The molecule has 3 aliphatic rings. The van der Waals surface area contributed by atoms with E-state index in [4.69, 9.17) is 4.74 Å². The van der Waals surface area contributed by atoms with E-state index in [0.717, 1.165) is 19.7 Å². The van der Waals surface area contributed by atoms with Crippen LogP contribution in [-0.4, -0.2) is 48.5 Å². The number of rotatable bonds is 3. The van der Waals surface area contributed by atoms with Crippen LogP contribution in [0.25, 0.3) is 0 Å². The van der Waals surface area contributed by atoms with Crippen LogP contribution in [0.2, 0.25) is 0 Å². The Hall–Kier alpha value is -0.120. The zero-order chi connectivity index (χ0) is 8.89. The number of nitrogens with zero attached hydrogens (tertiary/aromatic N) is 1. The van der Waals surface area contributed by atoms with Crippen LogP contribution in [0.15, 0.2) is 0 Å². The van der Waals surface area contributed by atoms with Crippen molar-refractivity contribution in [1.82, 2.24) is 4.90 Å². The van der Waals surface area contributed by atoms with Gasteiger partial charge in [0.1, 0.15) is 0 Å². The van der Waals surface area contributed by atoms with Gasteiger partial charge in [-0.25, -0.2) is 0 Å². The second kappa shape index (κ2) is 2.69. The maximum atomic E-state index is 9.32. The molecular weight excluding hydrogens is 166 g/mol. The smallest absolute Gasteiger partial charge is 0.0880 e. The highest BCUT2D eigenvalue weighted by Crippen LogP contribution is 2.43. The summed E-state index contributed by atoms with van der Waals surface area (Å²) in [6.07, 6.45) is 4.28. The number of ether oxygens (including phenoxy) is 1. The minimum Gasteiger partial charge on any atom is -0.396 e. The fourth-order valence-electron chi connectivity index (χ4n) is 2.72. The third kappa shape index (κ3) is 1.07. The van der Waals surface area contributed by atoms with E-state index in [1.54, 1.807) is 0 Å². The van der Waals surface area contributed by atoms with Gasteiger partial charge in [-0.1, -0.05) is 6.42 Å².